The molecule has 0 N–H and O–H groups in total. The molecule has 1 atom stereocenters. The van der Waals surface area contributed by atoms with Crippen LogP contribution in [0.25, 0.3) is 0 Å². The molecule has 0 aromatic heterocycles. The summed E-state index contributed by atoms with van der Waals surface area (Å²) in [6.45, 7) is -4.18. The SMILES string of the molecule is FC(F)(F)COC(C(F)(F)F)(C(F)(F)C(F)(F)F)C(F)(C(F)(F)F)C(F)(F)F. The lowest BCUT2D eigenvalue weighted by Crippen LogP contribution is -2.82. The van der Waals surface area contributed by atoms with Crippen LogP contribution in [0.3, 0.4) is 0 Å². The molecule has 1 unspecified atom stereocenters. The van der Waals surface area contributed by atoms with Crippen LogP contribution in [0.15, 0.2) is 0 Å². The first-order valence-corrected chi connectivity index (χ1v) is 5.75. The lowest BCUT2D eigenvalue weighted by atomic mass is 9.76. The Morgan fingerprint density at radius 1 is 0.429 bits per heavy atom. The molecule has 0 saturated carbocycles. The van der Waals surface area contributed by atoms with Gasteiger partial charge in [0.1, 0.15) is 6.61 Å². The molecule has 0 aliphatic carbocycles. The van der Waals surface area contributed by atoms with Gasteiger partial charge in [0.25, 0.3) is 5.60 Å². The highest BCUT2D eigenvalue weighted by Gasteiger charge is 2.99. The number of alkyl halides is 18. The van der Waals surface area contributed by atoms with Gasteiger partial charge in [0, 0.05) is 0 Å². The van der Waals surface area contributed by atoms with Gasteiger partial charge in [-0.1, -0.05) is 0 Å². The summed E-state index contributed by atoms with van der Waals surface area (Å²) >= 11 is 0. The number of hydrogen-bond donors (Lipinski definition) is 0. The first-order chi connectivity index (χ1) is 11.7. The average molecular weight is 468 g/mol. The van der Waals surface area contributed by atoms with Gasteiger partial charge in [-0.15, -0.1) is 0 Å². The van der Waals surface area contributed by atoms with Crippen LogP contribution in [-0.2, 0) is 4.74 Å². The Morgan fingerprint density at radius 2 is 0.750 bits per heavy atom. The van der Waals surface area contributed by atoms with Crippen molar-refractivity contribution in [3.8, 4) is 0 Å². The minimum Gasteiger partial charge on any atom is -0.347 e. The van der Waals surface area contributed by atoms with Gasteiger partial charge in [0.15, 0.2) is 0 Å². The molecule has 0 aromatic rings. The summed E-state index contributed by atoms with van der Waals surface area (Å²) in [4.78, 5) is 0. The van der Waals surface area contributed by atoms with E-state index in [2.05, 4.69) is 0 Å². The predicted molar refractivity (Wildman–Crippen MR) is 47.7 cm³/mol. The van der Waals surface area contributed by atoms with E-state index in [0.29, 0.717) is 0 Å². The van der Waals surface area contributed by atoms with E-state index in [1.807, 2.05) is 4.74 Å². The van der Waals surface area contributed by atoms with Gasteiger partial charge in [0.05, 0.1) is 0 Å². The first kappa shape index (κ1) is 26.7. The minimum absolute atomic E-state index is 1.83. The molecular weight excluding hydrogens is 466 g/mol. The van der Waals surface area contributed by atoms with Crippen LogP contribution in [0, 0.1) is 0 Å². The maximum atomic E-state index is 13.8. The zero-order valence-corrected chi connectivity index (χ0v) is 11.9. The zero-order chi connectivity index (χ0) is 23.4. The Morgan fingerprint density at radius 3 is 0.929 bits per heavy atom. The third-order valence-electron chi connectivity index (χ3n) is 2.92. The van der Waals surface area contributed by atoms with Crippen LogP contribution in [0.5, 0.6) is 0 Å². The lowest BCUT2D eigenvalue weighted by Gasteiger charge is -2.49. The van der Waals surface area contributed by atoms with E-state index in [1.165, 1.54) is 0 Å². The number of ether oxygens (including phenoxy) is 1. The minimum atomic E-state index is -8.68. The van der Waals surface area contributed by atoms with Gasteiger partial charge >= 0.3 is 42.5 Å². The fourth-order valence-corrected chi connectivity index (χ4v) is 1.81. The van der Waals surface area contributed by atoms with Crippen molar-refractivity contribution in [2.24, 2.45) is 0 Å². The van der Waals surface area contributed by atoms with Crippen molar-refractivity contribution in [1.29, 1.82) is 0 Å². The Labute approximate surface area is 140 Å². The third kappa shape index (κ3) is 3.89. The summed E-state index contributed by atoms with van der Waals surface area (Å²) in [6.07, 6.45) is -39.5. The van der Waals surface area contributed by atoms with Crippen molar-refractivity contribution in [2.45, 2.75) is 48.1 Å². The van der Waals surface area contributed by atoms with E-state index in [4.69, 9.17) is 0 Å². The summed E-state index contributed by atoms with van der Waals surface area (Å²) in [5.41, 5.74) is -17.1. The number of rotatable bonds is 4. The van der Waals surface area contributed by atoms with Crippen LogP contribution >= 0.6 is 0 Å². The van der Waals surface area contributed by atoms with Crippen molar-refractivity contribution >= 4 is 0 Å². The summed E-state index contributed by atoms with van der Waals surface area (Å²) < 4.78 is 228. The first-order valence-electron chi connectivity index (χ1n) is 5.75. The van der Waals surface area contributed by atoms with E-state index in [0.717, 1.165) is 0 Å². The van der Waals surface area contributed by atoms with Gasteiger partial charge in [-0.25, -0.2) is 4.39 Å². The maximum absolute atomic E-state index is 13.8. The molecular formula is C9H2F18O. The summed E-state index contributed by atoms with van der Waals surface area (Å²) in [5, 5.41) is 0. The van der Waals surface area contributed by atoms with Gasteiger partial charge < -0.3 is 4.74 Å². The highest BCUT2D eigenvalue weighted by Crippen LogP contribution is 2.66. The van der Waals surface area contributed by atoms with Crippen LogP contribution in [0.2, 0.25) is 0 Å². The van der Waals surface area contributed by atoms with Gasteiger partial charge in [0.2, 0.25) is 0 Å². The average Bonchev–Trinajstić information content (AvgIpc) is 2.31. The van der Waals surface area contributed by atoms with Crippen LogP contribution in [0.4, 0.5) is 79.0 Å². The van der Waals surface area contributed by atoms with Crippen molar-refractivity contribution in [3.05, 3.63) is 0 Å². The molecule has 19 heteroatoms. The molecule has 0 amide bonds. The molecule has 0 fully saturated rings. The molecule has 0 bridgehead atoms. The fraction of sp³-hybridized carbons (Fsp3) is 1.00. The number of hydrogen-bond acceptors (Lipinski definition) is 1. The Kier molecular flexibility index (Phi) is 6.30. The molecule has 0 aliphatic heterocycles. The van der Waals surface area contributed by atoms with Gasteiger partial charge in [-0.2, -0.15) is 74.6 Å². The highest BCUT2D eigenvalue weighted by atomic mass is 19.4. The topological polar surface area (TPSA) is 9.23 Å². The summed E-state index contributed by atoms with van der Waals surface area (Å²) in [5.74, 6) is -8.51. The largest absolute Gasteiger partial charge is 0.456 e. The monoisotopic (exact) mass is 468 g/mol. The summed E-state index contributed by atoms with van der Waals surface area (Å²) in [6, 6.07) is 0. The Bertz CT molecular complexity index is 528. The number of halogens is 18. The van der Waals surface area contributed by atoms with Crippen molar-refractivity contribution in [3.63, 3.8) is 0 Å². The lowest BCUT2D eigenvalue weighted by molar-refractivity contribution is -0.500. The van der Waals surface area contributed by atoms with Crippen molar-refractivity contribution < 1.29 is 83.8 Å². The fourth-order valence-electron chi connectivity index (χ4n) is 1.81. The molecule has 0 heterocycles. The molecule has 28 heavy (non-hydrogen) atoms. The van der Waals surface area contributed by atoms with Crippen molar-refractivity contribution in [2.75, 3.05) is 6.61 Å². The van der Waals surface area contributed by atoms with Crippen LogP contribution < -0.4 is 0 Å². The normalized spacial score (nSPS) is 18.2. The van der Waals surface area contributed by atoms with E-state index in [1.54, 1.807) is 0 Å². The van der Waals surface area contributed by atoms with Gasteiger partial charge in [-0.3, -0.25) is 0 Å². The van der Waals surface area contributed by atoms with Crippen molar-refractivity contribution in [1.82, 2.24) is 0 Å². The molecule has 0 radical (unpaired) electrons. The standard InChI is InChI=1S/C9H2F18O/c10-2(11,12)1-28-4(8(22,23)24,5(14,15)9(25,26)27)3(13,6(16,17)18)7(19,20)21/h1H2. The maximum Gasteiger partial charge on any atom is 0.456 e. The van der Waals surface area contributed by atoms with E-state index in [9.17, 15) is 79.0 Å². The molecule has 0 spiro atoms. The molecule has 0 rings (SSSR count). The molecule has 0 aliphatic rings. The summed E-state index contributed by atoms with van der Waals surface area (Å²) in [7, 11) is 0. The smallest absolute Gasteiger partial charge is 0.347 e. The molecule has 0 aromatic carbocycles. The Balaban J connectivity index is 7.56. The van der Waals surface area contributed by atoms with E-state index in [-0.39, 0.29) is 0 Å². The van der Waals surface area contributed by atoms with E-state index >= 15 is 0 Å². The Hall–Kier alpha value is -1.30. The van der Waals surface area contributed by atoms with E-state index < -0.39 is 54.7 Å². The predicted octanol–water partition coefficient (Wildman–Crippen LogP) is 5.90. The molecule has 1 nitrogen and oxygen atoms in total. The van der Waals surface area contributed by atoms with Crippen LogP contribution in [-0.4, -0.2) is 54.7 Å². The zero-order valence-electron chi connectivity index (χ0n) is 11.9. The van der Waals surface area contributed by atoms with Gasteiger partial charge in [-0.05, 0) is 0 Å². The molecule has 0 saturated heterocycles. The third-order valence-corrected chi connectivity index (χ3v) is 2.92. The van der Waals surface area contributed by atoms with Crippen LogP contribution in [0.1, 0.15) is 0 Å². The second-order valence-electron chi connectivity index (χ2n) is 4.81. The highest BCUT2D eigenvalue weighted by molar-refractivity contribution is 5.22. The molecule has 170 valence electrons. The quantitative estimate of drug-likeness (QED) is 0.468. The second-order valence-corrected chi connectivity index (χ2v) is 4.81. The second kappa shape index (κ2) is 6.61.